The molecule has 2 aliphatic heterocycles. The molecule has 3 fully saturated rings. The fraction of sp³-hybridized carbons (Fsp3) is 0.923. The van der Waals surface area contributed by atoms with Crippen LogP contribution in [0.15, 0.2) is 0 Å². The second kappa shape index (κ2) is 5.02. The molecule has 0 aromatic heterocycles. The molecule has 2 unspecified atom stereocenters. The van der Waals surface area contributed by atoms with E-state index in [9.17, 15) is 9.90 Å². The van der Waals surface area contributed by atoms with Crippen LogP contribution in [0.2, 0.25) is 0 Å². The van der Waals surface area contributed by atoms with Gasteiger partial charge in [0.1, 0.15) is 6.04 Å². The van der Waals surface area contributed by atoms with Gasteiger partial charge in [0.2, 0.25) is 0 Å². The van der Waals surface area contributed by atoms with E-state index in [-0.39, 0.29) is 11.6 Å². The minimum atomic E-state index is -0.656. The van der Waals surface area contributed by atoms with Crippen LogP contribution in [0.3, 0.4) is 0 Å². The Labute approximate surface area is 112 Å². The summed E-state index contributed by atoms with van der Waals surface area (Å²) in [5.41, 5.74) is 0.108. The monoisotopic (exact) mass is 271 g/mol. The topological polar surface area (TPSA) is 49.8 Å². The number of nitrogens with zero attached hydrogens (tertiary/aromatic N) is 1. The van der Waals surface area contributed by atoms with Crippen molar-refractivity contribution in [3.8, 4) is 0 Å². The Hall–Kier alpha value is -0.260. The van der Waals surface area contributed by atoms with E-state index in [0.29, 0.717) is 6.04 Å². The predicted molar refractivity (Wildman–Crippen MR) is 71.0 cm³/mol. The third kappa shape index (κ3) is 2.28. The summed E-state index contributed by atoms with van der Waals surface area (Å²) >= 11 is 1.76. The number of rotatable bonds is 2. The lowest BCUT2D eigenvalue weighted by atomic mass is 9.73. The highest BCUT2D eigenvalue weighted by molar-refractivity contribution is 7.99. The zero-order chi connectivity index (χ0) is 12.6. The van der Waals surface area contributed by atoms with Crippen molar-refractivity contribution in [2.45, 2.75) is 49.8 Å². The van der Waals surface area contributed by atoms with Crippen LogP contribution in [-0.4, -0.2) is 58.3 Å². The number of carboxylic acids is 1. The number of aliphatic carboxylic acids is 1. The summed E-state index contributed by atoms with van der Waals surface area (Å²) in [5, 5.41) is 9.35. The molecular weight excluding hydrogens is 250 g/mol. The number of hydrogen-bond acceptors (Lipinski definition) is 4. The summed E-state index contributed by atoms with van der Waals surface area (Å²) in [6, 6.07) is 0.130. The second-order valence-electron chi connectivity index (χ2n) is 5.70. The maximum atomic E-state index is 11.4. The lowest BCUT2D eigenvalue weighted by molar-refractivity contribution is -0.160. The second-order valence-corrected chi connectivity index (χ2v) is 6.85. The molecule has 4 nitrogen and oxygen atoms in total. The van der Waals surface area contributed by atoms with Crippen LogP contribution in [-0.2, 0) is 9.53 Å². The molecule has 0 radical (unpaired) electrons. The highest BCUT2D eigenvalue weighted by Crippen LogP contribution is 2.44. The molecule has 0 amide bonds. The Kier molecular flexibility index (Phi) is 3.56. The fourth-order valence-corrected chi connectivity index (χ4v) is 4.54. The average molecular weight is 271 g/mol. The molecular formula is C13H21NO3S. The average Bonchev–Trinajstić information content (AvgIpc) is 2.37. The van der Waals surface area contributed by atoms with Crippen LogP contribution in [0.5, 0.6) is 0 Å². The summed E-state index contributed by atoms with van der Waals surface area (Å²) in [7, 11) is 0. The van der Waals surface area contributed by atoms with Crippen LogP contribution >= 0.6 is 11.8 Å². The molecule has 0 aromatic rings. The van der Waals surface area contributed by atoms with Gasteiger partial charge in [0.25, 0.3) is 0 Å². The van der Waals surface area contributed by atoms with E-state index in [1.54, 1.807) is 11.8 Å². The normalized spacial score (nSPS) is 36.2. The number of ether oxygens (including phenoxy) is 1. The number of hydrogen-bond donors (Lipinski definition) is 1. The van der Waals surface area contributed by atoms with E-state index in [2.05, 4.69) is 4.90 Å². The molecule has 1 saturated carbocycles. The quantitative estimate of drug-likeness (QED) is 0.826. The molecule has 5 heteroatoms. The Morgan fingerprint density at radius 3 is 2.94 bits per heavy atom. The van der Waals surface area contributed by atoms with Gasteiger partial charge in [0.15, 0.2) is 0 Å². The predicted octanol–water partition coefficient (Wildman–Crippen LogP) is 1.59. The first-order valence-corrected chi connectivity index (χ1v) is 8.06. The highest BCUT2D eigenvalue weighted by Gasteiger charge is 2.46. The first kappa shape index (κ1) is 12.8. The van der Waals surface area contributed by atoms with Gasteiger partial charge in [-0.25, -0.2) is 0 Å². The minimum Gasteiger partial charge on any atom is -0.480 e. The molecule has 2 atom stereocenters. The van der Waals surface area contributed by atoms with Gasteiger partial charge in [-0.2, -0.15) is 11.8 Å². The summed E-state index contributed by atoms with van der Waals surface area (Å²) in [5.74, 6) is 1.14. The first-order chi connectivity index (χ1) is 8.70. The summed E-state index contributed by atoms with van der Waals surface area (Å²) in [4.78, 5) is 13.6. The first-order valence-electron chi connectivity index (χ1n) is 6.90. The zero-order valence-electron chi connectivity index (χ0n) is 10.6. The van der Waals surface area contributed by atoms with Crippen molar-refractivity contribution in [1.29, 1.82) is 0 Å². The lowest BCUT2D eigenvalue weighted by Crippen LogP contribution is -2.58. The third-order valence-corrected chi connectivity index (χ3v) is 5.68. The van der Waals surface area contributed by atoms with E-state index < -0.39 is 5.97 Å². The van der Waals surface area contributed by atoms with E-state index >= 15 is 0 Å². The maximum absolute atomic E-state index is 11.4. The Balaban J connectivity index is 1.69. The molecule has 3 rings (SSSR count). The number of carboxylic acid groups (broad SMARTS) is 1. The van der Waals surface area contributed by atoms with E-state index in [1.807, 2.05) is 0 Å². The van der Waals surface area contributed by atoms with E-state index in [4.69, 9.17) is 4.74 Å². The Bertz CT molecular complexity index is 332. The maximum Gasteiger partial charge on any atom is 0.321 e. The Morgan fingerprint density at radius 1 is 1.44 bits per heavy atom. The van der Waals surface area contributed by atoms with E-state index in [0.717, 1.165) is 37.5 Å². The molecule has 1 aliphatic carbocycles. The lowest BCUT2D eigenvalue weighted by Gasteiger charge is -2.51. The van der Waals surface area contributed by atoms with Crippen molar-refractivity contribution in [1.82, 2.24) is 4.90 Å². The van der Waals surface area contributed by atoms with Gasteiger partial charge < -0.3 is 9.84 Å². The largest absolute Gasteiger partial charge is 0.480 e. The summed E-state index contributed by atoms with van der Waals surface area (Å²) < 4.78 is 5.94. The van der Waals surface area contributed by atoms with Crippen molar-refractivity contribution in [2.24, 2.45) is 0 Å². The third-order valence-electron chi connectivity index (χ3n) is 4.66. The smallest absolute Gasteiger partial charge is 0.321 e. The molecule has 2 heterocycles. The van der Waals surface area contributed by atoms with Crippen LogP contribution in [0.4, 0.5) is 0 Å². The van der Waals surface area contributed by atoms with Crippen LogP contribution in [0.25, 0.3) is 0 Å². The van der Waals surface area contributed by atoms with Crippen LogP contribution < -0.4 is 0 Å². The number of thioether (sulfide) groups is 1. The summed E-state index contributed by atoms with van der Waals surface area (Å²) in [6.07, 6.45) is 5.65. The van der Waals surface area contributed by atoms with Crippen molar-refractivity contribution in [3.63, 3.8) is 0 Å². The number of carbonyl (C=O) groups is 1. The van der Waals surface area contributed by atoms with Gasteiger partial charge in [-0.15, -0.1) is 0 Å². The van der Waals surface area contributed by atoms with Gasteiger partial charge in [-0.05, 0) is 32.1 Å². The van der Waals surface area contributed by atoms with Gasteiger partial charge >= 0.3 is 5.97 Å². The van der Waals surface area contributed by atoms with Crippen molar-refractivity contribution in [3.05, 3.63) is 0 Å². The van der Waals surface area contributed by atoms with Gasteiger partial charge in [0.05, 0.1) is 5.60 Å². The molecule has 18 heavy (non-hydrogen) atoms. The van der Waals surface area contributed by atoms with Gasteiger partial charge in [-0.1, -0.05) is 0 Å². The van der Waals surface area contributed by atoms with Crippen LogP contribution in [0.1, 0.15) is 32.1 Å². The molecule has 2 saturated heterocycles. The van der Waals surface area contributed by atoms with Crippen molar-refractivity contribution in [2.75, 3.05) is 24.7 Å². The van der Waals surface area contributed by atoms with Gasteiger partial charge in [0, 0.05) is 30.7 Å². The Morgan fingerprint density at radius 2 is 2.28 bits per heavy atom. The standard InChI is InChI=1S/C13H21NO3S/c15-12(16)11-9-18-7-5-14(11)10-2-6-17-13(8-10)3-1-4-13/h10-11H,1-9H2,(H,15,16). The molecule has 102 valence electrons. The van der Waals surface area contributed by atoms with Gasteiger partial charge in [-0.3, -0.25) is 9.69 Å². The SMILES string of the molecule is O=C(O)C1CSCCN1C1CCOC2(CCC2)C1. The molecule has 1 N–H and O–H groups in total. The van der Waals surface area contributed by atoms with Crippen molar-refractivity contribution >= 4 is 17.7 Å². The molecule has 0 aromatic carbocycles. The zero-order valence-corrected chi connectivity index (χ0v) is 11.5. The van der Waals surface area contributed by atoms with Crippen LogP contribution in [0, 0.1) is 0 Å². The molecule has 1 spiro atoms. The highest BCUT2D eigenvalue weighted by atomic mass is 32.2. The van der Waals surface area contributed by atoms with E-state index in [1.165, 1.54) is 19.3 Å². The fourth-order valence-electron chi connectivity index (χ4n) is 3.47. The molecule has 0 bridgehead atoms. The minimum absolute atomic E-state index is 0.108. The van der Waals surface area contributed by atoms with Crippen molar-refractivity contribution < 1.29 is 14.6 Å². The summed E-state index contributed by atoms with van der Waals surface area (Å²) in [6.45, 7) is 1.73. The molecule has 3 aliphatic rings.